The van der Waals surface area contributed by atoms with Crippen LogP contribution in [0.5, 0.6) is 0 Å². The Kier molecular flexibility index (Phi) is 6.39. The molecule has 0 atom stereocenters. The lowest BCUT2D eigenvalue weighted by Crippen LogP contribution is -2.48. The molecule has 0 bridgehead atoms. The van der Waals surface area contributed by atoms with Gasteiger partial charge in [0.1, 0.15) is 0 Å². The number of nitrogens with zero attached hydrogens (tertiary/aromatic N) is 4. The zero-order chi connectivity index (χ0) is 23.8. The number of benzene rings is 2. The van der Waals surface area contributed by atoms with Crippen LogP contribution in [0.2, 0.25) is 5.02 Å². The molecule has 2 aromatic heterocycles. The minimum atomic E-state index is -0.427. The number of hydrogen-bond acceptors (Lipinski definition) is 8. The van der Waals surface area contributed by atoms with E-state index in [1.807, 2.05) is 12.1 Å². The van der Waals surface area contributed by atoms with E-state index in [0.29, 0.717) is 16.8 Å². The quantitative estimate of drug-likeness (QED) is 0.289. The molecule has 0 spiro atoms. The molecule has 2 aromatic carbocycles. The van der Waals surface area contributed by atoms with Crippen molar-refractivity contribution in [1.82, 2.24) is 15.2 Å². The number of fused-ring (bicyclic) bond motifs is 2. The number of non-ortho nitro benzene ring substituents is 1. The fraction of sp³-hybridized carbons (Fsp3) is 0.304. The highest BCUT2D eigenvalue weighted by atomic mass is 35.5. The number of anilines is 1. The smallest absolute Gasteiger partial charge is 0.270 e. The molecule has 0 saturated carbocycles. The number of rotatable bonds is 6. The third-order valence-corrected chi connectivity index (χ3v) is 8.67. The van der Waals surface area contributed by atoms with Crippen LogP contribution in [0.3, 0.4) is 0 Å². The van der Waals surface area contributed by atoms with Crippen LogP contribution >= 0.6 is 34.3 Å². The summed E-state index contributed by atoms with van der Waals surface area (Å²) in [6.45, 7) is 6.90. The van der Waals surface area contributed by atoms with Crippen LogP contribution in [0.4, 0.5) is 10.8 Å². The molecule has 0 aliphatic carbocycles. The van der Waals surface area contributed by atoms with Crippen molar-refractivity contribution < 1.29 is 9.72 Å². The van der Waals surface area contributed by atoms with Crippen LogP contribution in [0, 0.1) is 17.0 Å². The summed E-state index contributed by atoms with van der Waals surface area (Å²) in [4.78, 5) is 33.1. The van der Waals surface area contributed by atoms with Gasteiger partial charge in [0, 0.05) is 61.5 Å². The van der Waals surface area contributed by atoms with E-state index in [1.165, 1.54) is 23.5 Å². The van der Waals surface area contributed by atoms with Gasteiger partial charge in [0.2, 0.25) is 0 Å². The van der Waals surface area contributed by atoms with Gasteiger partial charge in [0.15, 0.2) is 5.13 Å². The van der Waals surface area contributed by atoms with Crippen molar-refractivity contribution in [3.05, 3.63) is 62.0 Å². The number of hydrogen-bond donors (Lipinski definition) is 1. The predicted octanol–water partition coefficient (Wildman–Crippen LogP) is 4.93. The van der Waals surface area contributed by atoms with Crippen LogP contribution in [0.25, 0.3) is 20.3 Å². The van der Waals surface area contributed by atoms with Crippen LogP contribution in [-0.2, 0) is 0 Å². The van der Waals surface area contributed by atoms with E-state index < -0.39 is 4.92 Å². The highest BCUT2D eigenvalue weighted by Crippen LogP contribution is 2.36. The van der Waals surface area contributed by atoms with Crippen molar-refractivity contribution in [2.24, 2.45) is 0 Å². The average Bonchev–Trinajstić information content (AvgIpc) is 3.47. The first-order chi connectivity index (χ1) is 16.4. The molecule has 176 valence electrons. The number of aromatic nitrogens is 1. The zero-order valence-corrected chi connectivity index (χ0v) is 20.8. The second-order valence-electron chi connectivity index (χ2n) is 8.21. The molecule has 1 aliphatic heterocycles. The van der Waals surface area contributed by atoms with Crippen molar-refractivity contribution in [2.75, 3.05) is 44.2 Å². The number of aryl methyl sites for hydroxylation is 1. The summed E-state index contributed by atoms with van der Waals surface area (Å²) in [6.07, 6.45) is 0. The number of piperazine rings is 1. The molecular formula is C23H22ClN5O3S2. The first-order valence-electron chi connectivity index (χ1n) is 10.9. The molecule has 1 aliphatic rings. The van der Waals surface area contributed by atoms with E-state index in [-0.39, 0.29) is 11.6 Å². The molecule has 1 saturated heterocycles. The highest BCUT2D eigenvalue weighted by Gasteiger charge is 2.21. The molecule has 1 fully saturated rings. The van der Waals surface area contributed by atoms with Gasteiger partial charge in [-0.15, -0.1) is 11.3 Å². The monoisotopic (exact) mass is 515 g/mol. The summed E-state index contributed by atoms with van der Waals surface area (Å²) >= 11 is 9.34. The Labute approximate surface area is 208 Å². The molecule has 4 aromatic rings. The van der Waals surface area contributed by atoms with Gasteiger partial charge in [-0.3, -0.25) is 19.8 Å². The number of thiophene rings is 1. The maximum atomic E-state index is 12.6. The number of nitro groups is 1. The molecule has 11 heteroatoms. The molecule has 1 N–H and O–H groups in total. The van der Waals surface area contributed by atoms with Gasteiger partial charge < -0.3 is 10.2 Å². The van der Waals surface area contributed by atoms with Crippen LogP contribution in [-0.4, -0.2) is 60.0 Å². The SMILES string of the molecule is Cc1ccc(Cl)c2sc(N3CCN(CCNC(=O)c4cc5cc([N+](=O)[O-])ccc5s4)CC3)nc12. The van der Waals surface area contributed by atoms with Crippen molar-refractivity contribution in [2.45, 2.75) is 6.92 Å². The maximum absolute atomic E-state index is 12.6. The fourth-order valence-corrected chi connectivity index (χ4v) is 6.39. The van der Waals surface area contributed by atoms with E-state index in [9.17, 15) is 14.9 Å². The molecule has 3 heterocycles. The van der Waals surface area contributed by atoms with Crippen LogP contribution in [0.15, 0.2) is 36.4 Å². The number of halogens is 1. The Morgan fingerprint density at radius 1 is 1.18 bits per heavy atom. The van der Waals surface area contributed by atoms with E-state index in [0.717, 1.165) is 63.4 Å². The van der Waals surface area contributed by atoms with Gasteiger partial charge in [0.05, 0.1) is 25.0 Å². The molecule has 34 heavy (non-hydrogen) atoms. The normalized spacial score (nSPS) is 14.7. The van der Waals surface area contributed by atoms with Crippen molar-refractivity contribution >= 4 is 71.3 Å². The predicted molar refractivity (Wildman–Crippen MR) is 139 cm³/mol. The lowest BCUT2D eigenvalue weighted by molar-refractivity contribution is -0.384. The van der Waals surface area contributed by atoms with Crippen molar-refractivity contribution in [1.29, 1.82) is 0 Å². The van der Waals surface area contributed by atoms with Gasteiger partial charge in [-0.25, -0.2) is 4.98 Å². The zero-order valence-electron chi connectivity index (χ0n) is 18.4. The van der Waals surface area contributed by atoms with Gasteiger partial charge in [-0.1, -0.05) is 29.0 Å². The summed E-state index contributed by atoms with van der Waals surface area (Å²) in [7, 11) is 0. The standard InChI is InChI=1S/C23H22ClN5O3S2/c1-14-2-4-17(24)21-20(14)26-23(34-21)28-10-8-27(9-11-28)7-6-25-22(30)19-13-15-12-16(29(31)32)3-5-18(15)33-19/h2-5,12-13H,6-11H2,1H3,(H,25,30). The Morgan fingerprint density at radius 3 is 2.71 bits per heavy atom. The number of nitro benzene ring substituents is 1. The molecule has 0 unspecified atom stereocenters. The van der Waals surface area contributed by atoms with Gasteiger partial charge in [-0.2, -0.15) is 0 Å². The van der Waals surface area contributed by atoms with E-state index >= 15 is 0 Å². The van der Waals surface area contributed by atoms with Crippen LogP contribution in [0.1, 0.15) is 15.2 Å². The summed E-state index contributed by atoms with van der Waals surface area (Å²) < 4.78 is 1.90. The highest BCUT2D eigenvalue weighted by molar-refractivity contribution is 7.23. The van der Waals surface area contributed by atoms with Crippen molar-refractivity contribution in [3.8, 4) is 0 Å². The van der Waals surface area contributed by atoms with Gasteiger partial charge in [0.25, 0.3) is 11.6 Å². The molecule has 5 rings (SSSR count). The third kappa shape index (κ3) is 4.58. The Balaban J connectivity index is 1.13. The van der Waals surface area contributed by atoms with E-state index in [1.54, 1.807) is 23.5 Å². The maximum Gasteiger partial charge on any atom is 0.270 e. The second kappa shape index (κ2) is 9.46. The van der Waals surface area contributed by atoms with Crippen LogP contribution < -0.4 is 10.2 Å². The molecule has 8 nitrogen and oxygen atoms in total. The Bertz CT molecular complexity index is 1360. The summed E-state index contributed by atoms with van der Waals surface area (Å²) in [5.41, 5.74) is 2.14. The number of nitrogens with one attached hydrogen (secondary N) is 1. The Morgan fingerprint density at radius 2 is 1.97 bits per heavy atom. The van der Waals surface area contributed by atoms with E-state index in [4.69, 9.17) is 16.6 Å². The second-order valence-corrected chi connectivity index (χ2v) is 10.7. The largest absolute Gasteiger partial charge is 0.350 e. The topological polar surface area (TPSA) is 91.6 Å². The first-order valence-corrected chi connectivity index (χ1v) is 12.9. The average molecular weight is 516 g/mol. The molecular weight excluding hydrogens is 494 g/mol. The van der Waals surface area contributed by atoms with E-state index in [2.05, 4.69) is 22.0 Å². The fourth-order valence-electron chi connectivity index (χ4n) is 4.06. The third-order valence-electron chi connectivity index (χ3n) is 5.98. The summed E-state index contributed by atoms with van der Waals surface area (Å²) in [6, 6.07) is 10.3. The van der Waals surface area contributed by atoms with Crippen molar-refractivity contribution in [3.63, 3.8) is 0 Å². The van der Waals surface area contributed by atoms with Gasteiger partial charge >= 0.3 is 0 Å². The number of thiazole rings is 1. The minimum absolute atomic E-state index is 0.0282. The summed E-state index contributed by atoms with van der Waals surface area (Å²) in [5.74, 6) is -0.149. The summed E-state index contributed by atoms with van der Waals surface area (Å²) in [5, 5.41) is 16.4. The molecule has 0 radical (unpaired) electrons. The minimum Gasteiger partial charge on any atom is -0.350 e. The Hall–Kier alpha value is -2.79. The lowest BCUT2D eigenvalue weighted by Gasteiger charge is -2.34. The first kappa shape index (κ1) is 23.0. The number of carbonyl (C=O) groups is 1. The van der Waals surface area contributed by atoms with Gasteiger partial charge in [-0.05, 0) is 30.7 Å². The number of amides is 1. The lowest BCUT2D eigenvalue weighted by atomic mass is 10.2. The number of carbonyl (C=O) groups excluding carboxylic acids is 1. The molecule has 1 amide bonds.